The smallest absolute Gasteiger partial charge is 0.550 e. The van der Waals surface area contributed by atoms with Gasteiger partial charge in [0.25, 0.3) is 0 Å². The summed E-state index contributed by atoms with van der Waals surface area (Å²) in [6.45, 7) is 8.30. The topological polar surface area (TPSA) is 61.4 Å². The largest absolute Gasteiger partial charge is 1.00 e. The third kappa shape index (κ3) is 4.27. The Hall–Kier alpha value is -0.0126. The van der Waals surface area contributed by atoms with Crippen LogP contribution >= 0.6 is 0 Å². The number of carbonyl (C=O) groups excluding carboxylic acids is 1. The Labute approximate surface area is 122 Å². The predicted molar refractivity (Wildman–Crippen MR) is 64.4 cm³/mol. The standard InChI is InChI=1S/C13H25NO3.Li/c1-12(2,3)10-7-13(11(15)16,5-6-17-4)9-14-8-10;/h10,14H,5-9H2,1-4H3,(H,15,16);/q;+1/p-1/t10-,13-;/m1./s1. The van der Waals surface area contributed by atoms with E-state index in [1.807, 2.05) is 0 Å². The van der Waals surface area contributed by atoms with Gasteiger partial charge in [-0.1, -0.05) is 20.8 Å². The molecule has 1 heterocycles. The van der Waals surface area contributed by atoms with Crippen LogP contribution < -0.4 is 29.3 Å². The molecule has 0 aromatic rings. The summed E-state index contributed by atoms with van der Waals surface area (Å²) >= 11 is 0. The second kappa shape index (κ2) is 6.95. The number of rotatable bonds is 4. The fourth-order valence-corrected chi connectivity index (χ4v) is 2.46. The van der Waals surface area contributed by atoms with E-state index in [1.165, 1.54) is 0 Å². The van der Waals surface area contributed by atoms with E-state index in [1.54, 1.807) is 7.11 Å². The van der Waals surface area contributed by atoms with Crippen LogP contribution in [-0.2, 0) is 9.53 Å². The van der Waals surface area contributed by atoms with Crippen molar-refractivity contribution in [2.45, 2.75) is 33.6 Å². The van der Waals surface area contributed by atoms with Crippen LogP contribution in [0.4, 0.5) is 0 Å². The van der Waals surface area contributed by atoms with Gasteiger partial charge in [-0.2, -0.15) is 0 Å². The molecule has 0 amide bonds. The van der Waals surface area contributed by atoms with Crippen LogP contribution in [0.1, 0.15) is 33.6 Å². The van der Waals surface area contributed by atoms with Gasteiger partial charge in [-0.3, -0.25) is 0 Å². The molecule has 0 spiro atoms. The van der Waals surface area contributed by atoms with Gasteiger partial charge in [0.15, 0.2) is 0 Å². The normalized spacial score (nSPS) is 28.6. The molecule has 0 aliphatic carbocycles. The molecule has 100 valence electrons. The zero-order valence-electron chi connectivity index (χ0n) is 12.3. The molecule has 18 heavy (non-hydrogen) atoms. The molecule has 0 radical (unpaired) electrons. The van der Waals surface area contributed by atoms with Gasteiger partial charge in [0.1, 0.15) is 0 Å². The summed E-state index contributed by atoms with van der Waals surface area (Å²) in [5, 5.41) is 14.7. The molecule has 1 saturated heterocycles. The minimum Gasteiger partial charge on any atom is -0.550 e. The Balaban J connectivity index is 0.00000289. The van der Waals surface area contributed by atoms with Crippen molar-refractivity contribution < 1.29 is 33.5 Å². The molecule has 1 aliphatic rings. The van der Waals surface area contributed by atoms with Crippen LogP contribution in [0, 0.1) is 16.7 Å². The van der Waals surface area contributed by atoms with Crippen molar-refractivity contribution in [1.29, 1.82) is 0 Å². The van der Waals surface area contributed by atoms with Crippen molar-refractivity contribution in [3.63, 3.8) is 0 Å². The van der Waals surface area contributed by atoms with Gasteiger partial charge in [0, 0.05) is 31.6 Å². The van der Waals surface area contributed by atoms with Gasteiger partial charge in [0.05, 0.1) is 0 Å². The summed E-state index contributed by atoms with van der Waals surface area (Å²) in [5.74, 6) is -0.595. The maximum absolute atomic E-state index is 11.4. The Kier molecular flexibility index (Phi) is 6.95. The summed E-state index contributed by atoms with van der Waals surface area (Å²) in [5.41, 5.74) is -0.659. The van der Waals surface area contributed by atoms with Gasteiger partial charge < -0.3 is 20.0 Å². The van der Waals surface area contributed by atoms with Crippen molar-refractivity contribution in [2.24, 2.45) is 16.7 Å². The molecule has 4 nitrogen and oxygen atoms in total. The van der Waals surface area contributed by atoms with E-state index >= 15 is 0 Å². The molecule has 1 fully saturated rings. The zero-order chi connectivity index (χ0) is 13.1. The van der Waals surface area contributed by atoms with Crippen LogP contribution in [0.2, 0.25) is 0 Å². The number of aliphatic carboxylic acids is 1. The number of hydrogen-bond acceptors (Lipinski definition) is 4. The van der Waals surface area contributed by atoms with E-state index in [9.17, 15) is 9.90 Å². The fourth-order valence-electron chi connectivity index (χ4n) is 2.46. The van der Waals surface area contributed by atoms with Crippen LogP contribution in [-0.4, -0.2) is 32.8 Å². The van der Waals surface area contributed by atoms with Gasteiger partial charge in [-0.25, -0.2) is 0 Å². The molecule has 1 rings (SSSR count). The number of piperidine rings is 1. The molecular formula is C13H24LiNO3. The van der Waals surface area contributed by atoms with E-state index in [0.29, 0.717) is 31.9 Å². The SMILES string of the molecule is COCC[C@]1(C(=O)[O-])CNC[C@H](C(C)(C)C)C1.[Li+]. The summed E-state index contributed by atoms with van der Waals surface area (Å²) in [6.07, 6.45) is 1.20. The summed E-state index contributed by atoms with van der Waals surface area (Å²) in [6, 6.07) is 0. The quantitative estimate of drug-likeness (QED) is 0.556. The van der Waals surface area contributed by atoms with E-state index in [2.05, 4.69) is 26.1 Å². The van der Waals surface area contributed by atoms with Crippen molar-refractivity contribution in [1.82, 2.24) is 5.32 Å². The number of carboxylic acid groups (broad SMARTS) is 1. The molecule has 0 bridgehead atoms. The molecule has 1 N–H and O–H groups in total. The van der Waals surface area contributed by atoms with Crippen molar-refractivity contribution in [3.8, 4) is 0 Å². The average Bonchev–Trinajstić information content (AvgIpc) is 2.25. The molecule has 0 unspecified atom stereocenters. The zero-order valence-corrected chi connectivity index (χ0v) is 12.3. The van der Waals surface area contributed by atoms with Crippen molar-refractivity contribution >= 4 is 5.97 Å². The van der Waals surface area contributed by atoms with Gasteiger partial charge in [0.2, 0.25) is 0 Å². The number of hydrogen-bond donors (Lipinski definition) is 1. The first kappa shape index (κ1) is 18.0. The number of methoxy groups -OCH3 is 1. The molecular weight excluding hydrogens is 225 g/mol. The van der Waals surface area contributed by atoms with E-state index in [0.717, 1.165) is 6.54 Å². The van der Waals surface area contributed by atoms with E-state index in [4.69, 9.17) is 4.74 Å². The number of ether oxygens (including phenoxy) is 1. The Morgan fingerprint density at radius 2 is 2.11 bits per heavy atom. The number of carbonyl (C=O) groups is 1. The molecule has 0 saturated carbocycles. The fraction of sp³-hybridized carbons (Fsp3) is 0.923. The first-order valence-corrected chi connectivity index (χ1v) is 6.23. The van der Waals surface area contributed by atoms with Crippen molar-refractivity contribution in [2.75, 3.05) is 26.8 Å². The number of carboxylic acids is 1. The summed E-state index contributed by atoms with van der Waals surface area (Å²) in [7, 11) is 1.60. The molecule has 0 aromatic heterocycles. The molecule has 2 atom stereocenters. The third-order valence-electron chi connectivity index (χ3n) is 3.93. The summed E-state index contributed by atoms with van der Waals surface area (Å²) in [4.78, 5) is 11.4. The first-order chi connectivity index (χ1) is 7.82. The van der Waals surface area contributed by atoms with E-state index in [-0.39, 0.29) is 24.3 Å². The Morgan fingerprint density at radius 1 is 1.50 bits per heavy atom. The Morgan fingerprint density at radius 3 is 2.56 bits per heavy atom. The maximum Gasteiger partial charge on any atom is 1.00 e. The van der Waals surface area contributed by atoms with Gasteiger partial charge in [-0.15, -0.1) is 0 Å². The molecule has 1 aliphatic heterocycles. The van der Waals surface area contributed by atoms with E-state index < -0.39 is 11.4 Å². The average molecular weight is 249 g/mol. The second-order valence-corrected chi connectivity index (χ2v) is 6.21. The molecule has 0 aromatic carbocycles. The van der Waals surface area contributed by atoms with Crippen LogP contribution in [0.15, 0.2) is 0 Å². The van der Waals surface area contributed by atoms with Crippen LogP contribution in [0.25, 0.3) is 0 Å². The Bertz CT molecular complexity index is 278. The predicted octanol–water partition coefficient (Wildman–Crippen LogP) is -2.58. The monoisotopic (exact) mass is 249 g/mol. The van der Waals surface area contributed by atoms with Gasteiger partial charge >= 0.3 is 18.9 Å². The number of nitrogens with one attached hydrogen (secondary N) is 1. The second-order valence-electron chi connectivity index (χ2n) is 6.21. The van der Waals surface area contributed by atoms with Crippen LogP contribution in [0.3, 0.4) is 0 Å². The summed E-state index contributed by atoms with van der Waals surface area (Å²) < 4.78 is 5.02. The van der Waals surface area contributed by atoms with Crippen molar-refractivity contribution in [3.05, 3.63) is 0 Å². The van der Waals surface area contributed by atoms with Crippen LogP contribution in [0.5, 0.6) is 0 Å². The minimum atomic E-state index is -0.948. The van der Waals surface area contributed by atoms with Gasteiger partial charge in [-0.05, 0) is 30.7 Å². The third-order valence-corrected chi connectivity index (χ3v) is 3.93. The maximum atomic E-state index is 11.4. The minimum absolute atomic E-state index is 0. The first-order valence-electron chi connectivity index (χ1n) is 6.23. The molecule has 5 heteroatoms.